The summed E-state index contributed by atoms with van der Waals surface area (Å²) in [6.45, 7) is 4.43. The molecule has 1 aliphatic heterocycles. The van der Waals surface area contributed by atoms with E-state index in [2.05, 4.69) is 27.0 Å². The summed E-state index contributed by atoms with van der Waals surface area (Å²) in [6.07, 6.45) is 5.70. The third-order valence-corrected chi connectivity index (χ3v) is 5.59. The van der Waals surface area contributed by atoms with E-state index >= 15 is 0 Å². The molecule has 5 nitrogen and oxygen atoms in total. The molecule has 138 valence electrons. The Balaban J connectivity index is 1.32. The van der Waals surface area contributed by atoms with Crippen molar-refractivity contribution in [2.45, 2.75) is 26.3 Å². The monoisotopic (exact) mass is 379 g/mol. The Labute approximate surface area is 162 Å². The van der Waals surface area contributed by atoms with Gasteiger partial charge in [0.25, 0.3) is 0 Å². The zero-order valence-corrected chi connectivity index (χ0v) is 16.0. The van der Waals surface area contributed by atoms with Gasteiger partial charge in [0.1, 0.15) is 5.58 Å². The fraction of sp³-hybridized carbons (Fsp3) is 0.333. The fourth-order valence-electron chi connectivity index (χ4n) is 3.32. The lowest BCUT2D eigenvalue weighted by molar-refractivity contribution is -0.114. The molecule has 4 rings (SSSR count). The minimum absolute atomic E-state index is 0.0828. The van der Waals surface area contributed by atoms with Crippen LogP contribution in [0.15, 0.2) is 41.1 Å². The van der Waals surface area contributed by atoms with Crippen LogP contribution in [0.1, 0.15) is 30.2 Å². The second-order valence-electron chi connectivity index (χ2n) is 6.78. The molecule has 1 N–H and O–H groups in total. The van der Waals surface area contributed by atoms with Gasteiger partial charge in [-0.25, -0.2) is 4.98 Å². The highest BCUT2D eigenvalue weighted by atomic mass is 32.1. The number of aromatic nitrogens is 1. The van der Waals surface area contributed by atoms with Gasteiger partial charge < -0.3 is 9.73 Å². The van der Waals surface area contributed by atoms with E-state index in [4.69, 9.17) is 4.42 Å². The lowest BCUT2D eigenvalue weighted by Crippen LogP contribution is -2.32. The number of hydrogen-bond acceptors (Lipinski definition) is 5. The molecule has 0 unspecified atom stereocenters. The van der Waals surface area contributed by atoms with E-state index in [1.165, 1.54) is 11.8 Å². The van der Waals surface area contributed by atoms with Crippen LogP contribution in [-0.4, -0.2) is 28.9 Å². The van der Waals surface area contributed by atoms with Crippen molar-refractivity contribution < 1.29 is 9.21 Å². The molecule has 3 aromatic rings. The number of carbonyl (C=O) groups excluding carboxylic acids is 1. The lowest BCUT2D eigenvalue weighted by Gasteiger charge is -2.29. The Morgan fingerprint density at radius 2 is 2.22 bits per heavy atom. The number of piperidine rings is 1. The number of benzene rings is 1. The summed E-state index contributed by atoms with van der Waals surface area (Å²) < 4.78 is 5.56. The van der Waals surface area contributed by atoms with Crippen molar-refractivity contribution in [2.24, 2.45) is 5.92 Å². The number of thiazole rings is 1. The number of furan rings is 1. The van der Waals surface area contributed by atoms with Gasteiger partial charge in [0, 0.05) is 35.8 Å². The van der Waals surface area contributed by atoms with E-state index in [0.717, 1.165) is 49.0 Å². The zero-order valence-electron chi connectivity index (χ0n) is 15.2. The first kappa shape index (κ1) is 17.8. The average Bonchev–Trinajstić information content (AvgIpc) is 3.30. The summed E-state index contributed by atoms with van der Waals surface area (Å²) in [7, 11) is 0. The number of amides is 1. The maximum absolute atomic E-state index is 11.1. The molecule has 3 heterocycles. The van der Waals surface area contributed by atoms with Crippen LogP contribution in [-0.2, 0) is 11.3 Å². The van der Waals surface area contributed by atoms with Gasteiger partial charge >= 0.3 is 0 Å². The maximum atomic E-state index is 11.1. The van der Waals surface area contributed by atoms with Crippen LogP contribution in [0, 0.1) is 17.8 Å². The van der Waals surface area contributed by atoms with Gasteiger partial charge in [0.15, 0.2) is 5.13 Å². The number of para-hydroxylation sites is 1. The quantitative estimate of drug-likeness (QED) is 0.696. The standard InChI is InChI=1S/C21H21N3O2S/c1-15(25)23-21-22-13-19(27-21)14-24-10-7-16(8-11-24)5-6-17-3-2-4-18-9-12-26-20(17)18/h2-4,9,12-13,16H,7-8,10-11,14H2,1H3,(H,22,23,25). The van der Waals surface area contributed by atoms with Gasteiger partial charge in [-0.05, 0) is 38.1 Å². The lowest BCUT2D eigenvalue weighted by atomic mass is 9.97. The fourth-order valence-corrected chi connectivity index (χ4v) is 4.22. The van der Waals surface area contributed by atoms with Crippen molar-refractivity contribution in [3.8, 4) is 11.8 Å². The zero-order chi connectivity index (χ0) is 18.6. The summed E-state index contributed by atoms with van der Waals surface area (Å²) in [4.78, 5) is 18.9. The Bertz CT molecular complexity index is 1000. The van der Waals surface area contributed by atoms with Crippen molar-refractivity contribution in [2.75, 3.05) is 18.4 Å². The molecule has 0 atom stereocenters. The van der Waals surface area contributed by atoms with Gasteiger partial charge in [-0.2, -0.15) is 0 Å². The molecule has 0 radical (unpaired) electrons. The van der Waals surface area contributed by atoms with E-state index in [0.29, 0.717) is 11.0 Å². The topological polar surface area (TPSA) is 58.4 Å². The van der Waals surface area contributed by atoms with Crippen LogP contribution < -0.4 is 5.32 Å². The third kappa shape index (κ3) is 4.38. The first-order chi connectivity index (χ1) is 13.2. The number of nitrogens with one attached hydrogen (secondary N) is 1. The number of hydrogen-bond donors (Lipinski definition) is 1. The van der Waals surface area contributed by atoms with E-state index in [1.54, 1.807) is 17.6 Å². The van der Waals surface area contributed by atoms with Gasteiger partial charge in [-0.1, -0.05) is 24.0 Å². The summed E-state index contributed by atoms with van der Waals surface area (Å²) in [5.74, 6) is 7.09. The molecule has 27 heavy (non-hydrogen) atoms. The molecule has 1 fully saturated rings. The smallest absolute Gasteiger partial charge is 0.223 e. The number of nitrogens with zero attached hydrogens (tertiary/aromatic N) is 2. The molecule has 1 saturated heterocycles. The van der Waals surface area contributed by atoms with E-state index < -0.39 is 0 Å². The largest absolute Gasteiger partial charge is 0.463 e. The molecule has 6 heteroatoms. The van der Waals surface area contributed by atoms with Gasteiger partial charge in [0.05, 0.1) is 11.8 Å². The third-order valence-electron chi connectivity index (χ3n) is 4.69. The van der Waals surface area contributed by atoms with Crippen LogP contribution in [0.3, 0.4) is 0 Å². The molecule has 2 aromatic heterocycles. The number of carbonyl (C=O) groups is 1. The maximum Gasteiger partial charge on any atom is 0.223 e. The van der Waals surface area contributed by atoms with Crippen molar-refractivity contribution in [3.63, 3.8) is 0 Å². The van der Waals surface area contributed by atoms with E-state index in [9.17, 15) is 4.79 Å². The molecule has 1 amide bonds. The van der Waals surface area contributed by atoms with Crippen molar-refractivity contribution in [1.29, 1.82) is 0 Å². The number of likely N-dealkylation sites (tertiary alicyclic amines) is 1. The first-order valence-electron chi connectivity index (χ1n) is 9.10. The van der Waals surface area contributed by atoms with Crippen LogP contribution >= 0.6 is 11.3 Å². The van der Waals surface area contributed by atoms with Crippen molar-refractivity contribution in [3.05, 3.63) is 47.2 Å². The minimum atomic E-state index is -0.0828. The van der Waals surface area contributed by atoms with Gasteiger partial charge in [-0.3, -0.25) is 9.69 Å². The Hall–Kier alpha value is -2.62. The Kier molecular flexibility index (Phi) is 5.23. The van der Waals surface area contributed by atoms with Gasteiger partial charge in [-0.15, -0.1) is 11.3 Å². The normalized spacial score (nSPS) is 15.4. The highest BCUT2D eigenvalue weighted by molar-refractivity contribution is 7.15. The van der Waals surface area contributed by atoms with Crippen LogP contribution in [0.2, 0.25) is 0 Å². The van der Waals surface area contributed by atoms with Crippen molar-refractivity contribution >= 4 is 33.3 Å². The molecule has 0 saturated carbocycles. The Morgan fingerprint density at radius 1 is 1.37 bits per heavy atom. The second kappa shape index (κ2) is 7.95. The van der Waals surface area contributed by atoms with Crippen LogP contribution in [0.4, 0.5) is 5.13 Å². The molecule has 1 aliphatic rings. The van der Waals surface area contributed by atoms with E-state index in [1.807, 2.05) is 30.5 Å². The van der Waals surface area contributed by atoms with Crippen LogP contribution in [0.25, 0.3) is 11.0 Å². The number of rotatable bonds is 3. The molecular weight excluding hydrogens is 358 g/mol. The molecular formula is C21H21N3O2S. The molecule has 0 spiro atoms. The van der Waals surface area contributed by atoms with Crippen LogP contribution in [0.5, 0.6) is 0 Å². The minimum Gasteiger partial charge on any atom is -0.463 e. The molecule has 0 aliphatic carbocycles. The number of fused-ring (bicyclic) bond motifs is 1. The molecule has 1 aromatic carbocycles. The summed E-state index contributed by atoms with van der Waals surface area (Å²) in [6, 6.07) is 8.05. The summed E-state index contributed by atoms with van der Waals surface area (Å²) in [5, 5.41) is 4.51. The highest BCUT2D eigenvalue weighted by Crippen LogP contribution is 2.24. The average molecular weight is 379 g/mol. The van der Waals surface area contributed by atoms with Crippen molar-refractivity contribution in [1.82, 2.24) is 9.88 Å². The second-order valence-corrected chi connectivity index (χ2v) is 7.89. The van der Waals surface area contributed by atoms with E-state index in [-0.39, 0.29) is 5.91 Å². The predicted molar refractivity (Wildman–Crippen MR) is 108 cm³/mol. The first-order valence-corrected chi connectivity index (χ1v) is 9.91. The predicted octanol–water partition coefficient (Wildman–Crippen LogP) is 4.11. The Morgan fingerprint density at radius 3 is 3.04 bits per heavy atom. The van der Waals surface area contributed by atoms with Gasteiger partial charge in [0.2, 0.25) is 5.91 Å². The summed E-state index contributed by atoms with van der Waals surface area (Å²) in [5.41, 5.74) is 1.85. The SMILES string of the molecule is CC(=O)Nc1ncc(CN2CCC(C#Cc3cccc4ccoc34)CC2)s1. The number of anilines is 1. The molecule has 0 bridgehead atoms. The summed E-state index contributed by atoms with van der Waals surface area (Å²) >= 11 is 1.54. The highest BCUT2D eigenvalue weighted by Gasteiger charge is 2.18.